The van der Waals surface area contributed by atoms with Crippen LogP contribution in [0.3, 0.4) is 0 Å². The van der Waals surface area contributed by atoms with Crippen molar-refractivity contribution in [2.24, 2.45) is 12.5 Å². The van der Waals surface area contributed by atoms with Crippen LogP contribution in [0, 0.1) is 5.41 Å². The maximum absolute atomic E-state index is 11.2. The van der Waals surface area contributed by atoms with E-state index in [0.29, 0.717) is 13.2 Å². The van der Waals surface area contributed by atoms with E-state index in [1.165, 1.54) is 0 Å². The quantitative estimate of drug-likeness (QED) is 0.695. The Morgan fingerprint density at radius 1 is 1.60 bits per heavy atom. The van der Waals surface area contributed by atoms with E-state index < -0.39 is 0 Å². The fourth-order valence-electron chi connectivity index (χ4n) is 2.08. The van der Waals surface area contributed by atoms with Crippen molar-refractivity contribution in [1.82, 2.24) is 9.78 Å². The van der Waals surface area contributed by atoms with Crippen LogP contribution in [0.5, 0.6) is 0 Å². The van der Waals surface area contributed by atoms with Gasteiger partial charge >= 0.3 is 0 Å². The van der Waals surface area contributed by atoms with Crippen LogP contribution in [0.2, 0.25) is 0 Å². The second-order valence-electron chi connectivity index (χ2n) is 4.29. The number of carbonyl (C=O) groups is 1. The molecule has 4 nitrogen and oxygen atoms in total. The molecule has 0 bridgehead atoms. The maximum Gasteiger partial charge on any atom is 0.126 e. The zero-order chi connectivity index (χ0) is 10.7. The van der Waals surface area contributed by atoms with Crippen LogP contribution in [0.15, 0.2) is 12.4 Å². The highest BCUT2D eigenvalue weighted by molar-refractivity contribution is 5.60. The molecule has 1 saturated heterocycles. The standard InChI is InChI=1S/C11H16N2O2/c1-13-8-10(7-12-13)6-11(9-14)2-4-15-5-3-11/h7-9H,2-6H2,1H3. The SMILES string of the molecule is Cn1cc(CC2(C=O)CCOCC2)cn1. The number of carbonyl (C=O) groups excluding carboxylic acids is 1. The summed E-state index contributed by atoms with van der Waals surface area (Å²) in [5.74, 6) is 0. The summed E-state index contributed by atoms with van der Waals surface area (Å²) in [5, 5.41) is 4.12. The van der Waals surface area contributed by atoms with E-state index >= 15 is 0 Å². The Balaban J connectivity index is 2.10. The number of aldehydes is 1. The zero-order valence-corrected chi connectivity index (χ0v) is 8.98. The van der Waals surface area contributed by atoms with Crippen LogP contribution in [0.25, 0.3) is 0 Å². The summed E-state index contributed by atoms with van der Waals surface area (Å²) in [7, 11) is 1.89. The normalized spacial score (nSPS) is 20.1. The van der Waals surface area contributed by atoms with Gasteiger partial charge in [0.05, 0.1) is 6.20 Å². The van der Waals surface area contributed by atoms with E-state index in [2.05, 4.69) is 5.10 Å². The summed E-state index contributed by atoms with van der Waals surface area (Å²) in [6, 6.07) is 0. The molecular formula is C11H16N2O2. The summed E-state index contributed by atoms with van der Waals surface area (Å²) in [4.78, 5) is 11.2. The Kier molecular flexibility index (Phi) is 2.86. The molecule has 82 valence electrons. The molecule has 1 aromatic rings. The lowest BCUT2D eigenvalue weighted by molar-refractivity contribution is -0.121. The molecule has 1 aliphatic heterocycles. The van der Waals surface area contributed by atoms with E-state index in [9.17, 15) is 4.79 Å². The first-order valence-electron chi connectivity index (χ1n) is 5.26. The van der Waals surface area contributed by atoms with Gasteiger partial charge in [0.15, 0.2) is 0 Å². The fraction of sp³-hybridized carbons (Fsp3) is 0.636. The van der Waals surface area contributed by atoms with Crippen molar-refractivity contribution in [3.63, 3.8) is 0 Å². The minimum absolute atomic E-state index is 0.221. The largest absolute Gasteiger partial charge is 0.381 e. The molecule has 2 rings (SSSR count). The van der Waals surface area contributed by atoms with Gasteiger partial charge in [0.1, 0.15) is 6.29 Å². The summed E-state index contributed by atoms with van der Waals surface area (Å²) in [6.45, 7) is 1.39. The number of nitrogens with zero attached hydrogens (tertiary/aromatic N) is 2. The molecule has 0 aliphatic carbocycles. The van der Waals surface area contributed by atoms with Gasteiger partial charge in [-0.05, 0) is 24.8 Å². The Hall–Kier alpha value is -1.16. The van der Waals surface area contributed by atoms with Gasteiger partial charge in [0, 0.05) is 31.9 Å². The third-order valence-electron chi connectivity index (χ3n) is 3.05. The van der Waals surface area contributed by atoms with E-state index in [1.807, 2.05) is 19.4 Å². The van der Waals surface area contributed by atoms with Gasteiger partial charge in [-0.15, -0.1) is 0 Å². The van der Waals surface area contributed by atoms with Gasteiger partial charge in [-0.25, -0.2) is 0 Å². The van der Waals surface area contributed by atoms with Gasteiger partial charge in [-0.3, -0.25) is 4.68 Å². The fourth-order valence-corrected chi connectivity index (χ4v) is 2.08. The molecule has 0 radical (unpaired) electrons. The lowest BCUT2D eigenvalue weighted by Crippen LogP contribution is -2.33. The number of ether oxygens (including phenoxy) is 1. The molecule has 0 spiro atoms. The van der Waals surface area contributed by atoms with Crippen molar-refractivity contribution in [3.8, 4) is 0 Å². The highest BCUT2D eigenvalue weighted by Gasteiger charge is 2.32. The minimum Gasteiger partial charge on any atom is -0.381 e. The Labute approximate surface area is 89.2 Å². The Morgan fingerprint density at radius 2 is 2.33 bits per heavy atom. The van der Waals surface area contributed by atoms with Gasteiger partial charge in [0.25, 0.3) is 0 Å². The average Bonchev–Trinajstić information content (AvgIpc) is 2.65. The van der Waals surface area contributed by atoms with Gasteiger partial charge in [-0.2, -0.15) is 5.10 Å². The van der Waals surface area contributed by atoms with Crippen LogP contribution >= 0.6 is 0 Å². The number of aromatic nitrogens is 2. The number of aryl methyl sites for hydroxylation is 1. The summed E-state index contributed by atoms with van der Waals surface area (Å²) in [5.41, 5.74) is 0.910. The van der Waals surface area contributed by atoms with Gasteiger partial charge in [0.2, 0.25) is 0 Å². The lowest BCUT2D eigenvalue weighted by atomic mass is 9.77. The topological polar surface area (TPSA) is 44.1 Å². The van der Waals surface area contributed by atoms with Crippen molar-refractivity contribution in [2.45, 2.75) is 19.3 Å². The Bertz CT molecular complexity index is 340. The highest BCUT2D eigenvalue weighted by Crippen LogP contribution is 2.31. The van der Waals surface area contributed by atoms with Crippen LogP contribution in [0.4, 0.5) is 0 Å². The molecule has 1 aliphatic rings. The van der Waals surface area contributed by atoms with Crippen molar-refractivity contribution in [3.05, 3.63) is 18.0 Å². The molecule has 1 aromatic heterocycles. The summed E-state index contributed by atoms with van der Waals surface area (Å²) < 4.78 is 7.06. The monoisotopic (exact) mass is 208 g/mol. The molecule has 0 amide bonds. The highest BCUT2D eigenvalue weighted by atomic mass is 16.5. The minimum atomic E-state index is -0.221. The molecule has 0 unspecified atom stereocenters. The second-order valence-corrected chi connectivity index (χ2v) is 4.29. The van der Waals surface area contributed by atoms with E-state index in [-0.39, 0.29) is 5.41 Å². The van der Waals surface area contributed by atoms with Crippen LogP contribution in [0.1, 0.15) is 18.4 Å². The van der Waals surface area contributed by atoms with Crippen molar-refractivity contribution in [2.75, 3.05) is 13.2 Å². The zero-order valence-electron chi connectivity index (χ0n) is 8.98. The second kappa shape index (κ2) is 4.14. The van der Waals surface area contributed by atoms with Crippen LogP contribution in [-0.4, -0.2) is 29.3 Å². The number of hydrogen-bond donors (Lipinski definition) is 0. The third kappa shape index (κ3) is 2.26. The third-order valence-corrected chi connectivity index (χ3v) is 3.05. The molecule has 1 fully saturated rings. The van der Waals surface area contributed by atoms with Crippen molar-refractivity contribution in [1.29, 1.82) is 0 Å². The maximum atomic E-state index is 11.2. The first-order chi connectivity index (χ1) is 7.24. The number of rotatable bonds is 3. The van der Waals surface area contributed by atoms with Crippen molar-refractivity contribution < 1.29 is 9.53 Å². The first kappa shape index (κ1) is 10.4. The summed E-state index contributed by atoms with van der Waals surface area (Å²) >= 11 is 0. The van der Waals surface area contributed by atoms with Gasteiger partial charge < -0.3 is 9.53 Å². The molecule has 0 atom stereocenters. The molecular weight excluding hydrogens is 192 g/mol. The van der Waals surface area contributed by atoms with E-state index in [0.717, 1.165) is 31.1 Å². The average molecular weight is 208 g/mol. The molecule has 4 heteroatoms. The molecule has 0 aromatic carbocycles. The number of hydrogen-bond acceptors (Lipinski definition) is 3. The predicted molar refractivity (Wildman–Crippen MR) is 55.5 cm³/mol. The van der Waals surface area contributed by atoms with Crippen molar-refractivity contribution >= 4 is 6.29 Å². The smallest absolute Gasteiger partial charge is 0.126 e. The van der Waals surface area contributed by atoms with E-state index in [4.69, 9.17) is 4.74 Å². The molecule has 0 saturated carbocycles. The molecule has 0 N–H and O–H groups in total. The van der Waals surface area contributed by atoms with Gasteiger partial charge in [-0.1, -0.05) is 0 Å². The first-order valence-corrected chi connectivity index (χ1v) is 5.26. The Morgan fingerprint density at radius 3 is 2.87 bits per heavy atom. The predicted octanol–water partition coefficient (Wildman–Crippen LogP) is 0.958. The van der Waals surface area contributed by atoms with Crippen LogP contribution < -0.4 is 0 Å². The van der Waals surface area contributed by atoms with Crippen LogP contribution in [-0.2, 0) is 23.0 Å². The molecule has 15 heavy (non-hydrogen) atoms. The lowest BCUT2D eigenvalue weighted by Gasteiger charge is -2.31. The molecule has 2 heterocycles. The van der Waals surface area contributed by atoms with E-state index in [1.54, 1.807) is 4.68 Å². The summed E-state index contributed by atoms with van der Waals surface area (Å²) in [6.07, 6.45) is 7.34.